The number of alkyl halides is 1. The Hall–Kier alpha value is -1.71. The monoisotopic (exact) mass is 222 g/mol. The predicted molar refractivity (Wildman–Crippen MR) is 54.9 cm³/mol. The quantitative estimate of drug-likeness (QED) is 0.536. The number of methoxy groups -OCH3 is 1. The lowest BCUT2D eigenvalue weighted by atomic mass is 9.80. The van der Waals surface area contributed by atoms with E-state index in [9.17, 15) is 14.0 Å². The molecular weight excluding hydrogens is 211 g/mol. The average Bonchev–Trinajstić information content (AvgIpc) is 2.33. The zero-order valence-corrected chi connectivity index (χ0v) is 8.83. The molecule has 0 unspecified atom stereocenters. The van der Waals surface area contributed by atoms with E-state index >= 15 is 0 Å². The molecule has 0 spiro atoms. The van der Waals surface area contributed by atoms with Crippen molar-refractivity contribution in [3.8, 4) is 0 Å². The number of benzene rings is 1. The van der Waals surface area contributed by atoms with Gasteiger partial charge in [0, 0.05) is 12.0 Å². The van der Waals surface area contributed by atoms with Gasteiger partial charge in [0.15, 0.2) is 0 Å². The Balaban J connectivity index is 2.45. The molecular formula is C12H11FO3. The number of ether oxygens (including phenoxy) is 1. The molecule has 0 fully saturated rings. The van der Waals surface area contributed by atoms with Gasteiger partial charge in [-0.2, -0.15) is 0 Å². The second-order valence-electron chi connectivity index (χ2n) is 3.78. The molecule has 3 nitrogen and oxygen atoms in total. The zero-order chi connectivity index (χ0) is 11.8. The first-order valence-electron chi connectivity index (χ1n) is 4.99. The Morgan fingerprint density at radius 1 is 1.44 bits per heavy atom. The third-order valence-corrected chi connectivity index (χ3v) is 2.87. The normalized spacial score (nSPS) is 23.8. The van der Waals surface area contributed by atoms with Crippen LogP contribution in [0.5, 0.6) is 0 Å². The van der Waals surface area contributed by atoms with Crippen LogP contribution in [0.1, 0.15) is 22.3 Å². The van der Waals surface area contributed by atoms with E-state index in [-0.39, 0.29) is 12.0 Å². The molecule has 16 heavy (non-hydrogen) atoms. The van der Waals surface area contributed by atoms with Crippen molar-refractivity contribution in [1.29, 1.82) is 0 Å². The third-order valence-electron chi connectivity index (χ3n) is 2.87. The molecule has 0 saturated carbocycles. The fraction of sp³-hybridized carbons (Fsp3) is 0.333. The topological polar surface area (TPSA) is 43.4 Å². The molecule has 0 aromatic heterocycles. The Bertz CT molecular complexity index is 455. The minimum atomic E-state index is -2.51. The average molecular weight is 222 g/mol. The molecule has 0 amide bonds. The van der Waals surface area contributed by atoms with E-state index in [1.54, 1.807) is 18.2 Å². The standard InChI is InChI=1S/C12H11FO3/c1-16-11(15)12(13)7-6-8-4-2-3-5-9(8)10(12)14/h2-5H,6-7H2,1H3/t12-/m0/s1. The molecule has 1 aromatic rings. The first-order chi connectivity index (χ1) is 7.59. The van der Waals surface area contributed by atoms with Gasteiger partial charge in [0.1, 0.15) is 0 Å². The summed E-state index contributed by atoms with van der Waals surface area (Å²) >= 11 is 0. The van der Waals surface area contributed by atoms with Gasteiger partial charge in [-0.3, -0.25) is 4.79 Å². The highest BCUT2D eigenvalue weighted by Crippen LogP contribution is 2.32. The molecule has 1 aromatic carbocycles. The van der Waals surface area contributed by atoms with Gasteiger partial charge in [0.05, 0.1) is 7.11 Å². The van der Waals surface area contributed by atoms with Gasteiger partial charge >= 0.3 is 5.97 Å². The largest absolute Gasteiger partial charge is 0.466 e. The number of halogens is 1. The van der Waals surface area contributed by atoms with Gasteiger partial charge in [-0.05, 0) is 12.0 Å². The Morgan fingerprint density at radius 3 is 2.81 bits per heavy atom. The maximum absolute atomic E-state index is 14.2. The van der Waals surface area contributed by atoms with Gasteiger partial charge in [-0.15, -0.1) is 0 Å². The molecule has 0 heterocycles. The number of ketones is 1. The fourth-order valence-corrected chi connectivity index (χ4v) is 1.95. The van der Waals surface area contributed by atoms with E-state index in [1.165, 1.54) is 6.07 Å². The van der Waals surface area contributed by atoms with Crippen LogP contribution in [0.4, 0.5) is 4.39 Å². The molecule has 1 aliphatic carbocycles. The fourth-order valence-electron chi connectivity index (χ4n) is 1.95. The van der Waals surface area contributed by atoms with E-state index in [0.717, 1.165) is 12.7 Å². The molecule has 0 bridgehead atoms. The minimum Gasteiger partial charge on any atom is -0.466 e. The summed E-state index contributed by atoms with van der Waals surface area (Å²) in [6.45, 7) is 0. The molecule has 1 aliphatic rings. The van der Waals surface area contributed by atoms with Crippen molar-refractivity contribution < 1.29 is 18.7 Å². The number of aryl methyl sites for hydroxylation is 1. The van der Waals surface area contributed by atoms with E-state index in [4.69, 9.17) is 0 Å². The highest BCUT2D eigenvalue weighted by atomic mass is 19.1. The van der Waals surface area contributed by atoms with Crippen molar-refractivity contribution in [1.82, 2.24) is 0 Å². The molecule has 0 N–H and O–H groups in total. The summed E-state index contributed by atoms with van der Waals surface area (Å²) in [4.78, 5) is 23.2. The van der Waals surface area contributed by atoms with Crippen LogP contribution in [0, 0.1) is 0 Å². The van der Waals surface area contributed by atoms with E-state index in [0.29, 0.717) is 6.42 Å². The van der Waals surface area contributed by atoms with Gasteiger partial charge in [0.2, 0.25) is 5.78 Å². The lowest BCUT2D eigenvalue weighted by molar-refractivity contribution is -0.151. The van der Waals surface area contributed by atoms with Crippen LogP contribution < -0.4 is 0 Å². The first-order valence-corrected chi connectivity index (χ1v) is 4.99. The number of hydrogen-bond acceptors (Lipinski definition) is 3. The van der Waals surface area contributed by atoms with E-state index < -0.39 is 17.4 Å². The zero-order valence-electron chi connectivity index (χ0n) is 8.83. The number of rotatable bonds is 1. The first kappa shape index (κ1) is 10.8. The van der Waals surface area contributed by atoms with Crippen molar-refractivity contribution in [3.05, 3.63) is 35.4 Å². The van der Waals surface area contributed by atoms with Gasteiger partial charge in [-0.25, -0.2) is 9.18 Å². The van der Waals surface area contributed by atoms with Crippen molar-refractivity contribution in [2.24, 2.45) is 0 Å². The van der Waals surface area contributed by atoms with Crippen LogP contribution in [-0.2, 0) is 16.0 Å². The summed E-state index contributed by atoms with van der Waals surface area (Å²) in [5.74, 6) is -1.90. The highest BCUT2D eigenvalue weighted by Gasteiger charge is 2.50. The van der Waals surface area contributed by atoms with Gasteiger partial charge in [-0.1, -0.05) is 24.3 Å². The third kappa shape index (κ3) is 1.41. The molecule has 0 aliphatic heterocycles. The van der Waals surface area contributed by atoms with Crippen LogP contribution in [0.3, 0.4) is 0 Å². The summed E-state index contributed by atoms with van der Waals surface area (Å²) in [6.07, 6.45) is 0.225. The molecule has 1 atom stereocenters. The maximum atomic E-state index is 14.2. The molecule has 0 saturated heterocycles. The van der Waals surface area contributed by atoms with Crippen molar-refractivity contribution in [3.63, 3.8) is 0 Å². The van der Waals surface area contributed by atoms with Crippen LogP contribution in [0.2, 0.25) is 0 Å². The summed E-state index contributed by atoms with van der Waals surface area (Å²) in [5.41, 5.74) is -1.45. The van der Waals surface area contributed by atoms with Crippen LogP contribution in [0.15, 0.2) is 24.3 Å². The van der Waals surface area contributed by atoms with Crippen LogP contribution in [-0.4, -0.2) is 24.5 Å². The number of carbonyl (C=O) groups is 2. The van der Waals surface area contributed by atoms with Gasteiger partial charge < -0.3 is 4.74 Å². The summed E-state index contributed by atoms with van der Waals surface area (Å²) in [6, 6.07) is 6.74. The van der Waals surface area contributed by atoms with Crippen molar-refractivity contribution in [2.75, 3.05) is 7.11 Å². The summed E-state index contributed by atoms with van der Waals surface area (Å²) in [7, 11) is 1.08. The molecule has 0 radical (unpaired) electrons. The number of carbonyl (C=O) groups excluding carboxylic acids is 2. The Kier molecular flexibility index (Phi) is 2.50. The second-order valence-corrected chi connectivity index (χ2v) is 3.78. The number of hydrogen-bond donors (Lipinski definition) is 0. The van der Waals surface area contributed by atoms with E-state index in [1.807, 2.05) is 0 Å². The van der Waals surface area contributed by atoms with Crippen LogP contribution in [0.25, 0.3) is 0 Å². The van der Waals surface area contributed by atoms with Crippen molar-refractivity contribution >= 4 is 11.8 Å². The molecule has 4 heteroatoms. The SMILES string of the molecule is COC(=O)[C@]1(F)CCc2ccccc2C1=O. The summed E-state index contributed by atoms with van der Waals surface area (Å²) < 4.78 is 18.6. The lowest BCUT2D eigenvalue weighted by Crippen LogP contribution is -2.46. The Labute approximate surface area is 92.2 Å². The number of fused-ring (bicyclic) bond motifs is 1. The summed E-state index contributed by atoms with van der Waals surface area (Å²) in [5, 5.41) is 0. The lowest BCUT2D eigenvalue weighted by Gasteiger charge is -2.26. The van der Waals surface area contributed by atoms with E-state index in [2.05, 4.69) is 4.74 Å². The second kappa shape index (κ2) is 3.70. The van der Waals surface area contributed by atoms with Gasteiger partial charge in [0.25, 0.3) is 5.67 Å². The highest BCUT2D eigenvalue weighted by molar-refractivity contribution is 6.16. The Morgan fingerprint density at radius 2 is 2.12 bits per heavy atom. The minimum absolute atomic E-state index is 0.143. The maximum Gasteiger partial charge on any atom is 0.351 e. The van der Waals surface area contributed by atoms with Crippen molar-refractivity contribution in [2.45, 2.75) is 18.5 Å². The molecule has 84 valence electrons. The number of esters is 1. The smallest absolute Gasteiger partial charge is 0.351 e. The molecule has 2 rings (SSSR count). The predicted octanol–water partition coefficient (Wildman–Crippen LogP) is 1.70. The number of Topliss-reactive ketones (excluding diaryl/α,β-unsaturated/α-hetero) is 1. The van der Waals surface area contributed by atoms with Crippen LogP contribution >= 0.6 is 0 Å².